The van der Waals surface area contributed by atoms with Crippen LogP contribution in [0.15, 0.2) is 53.1 Å². The molecule has 0 aliphatic carbocycles. The van der Waals surface area contributed by atoms with Gasteiger partial charge in [0.1, 0.15) is 17.5 Å². The maximum atomic E-state index is 10.6. The number of carboxylic acid groups (broad SMARTS) is 1. The zero-order valence-electron chi connectivity index (χ0n) is 9.50. The summed E-state index contributed by atoms with van der Waals surface area (Å²) >= 11 is 0. The third-order valence-corrected chi connectivity index (χ3v) is 2.87. The number of carboxylic acids is 1. The molecule has 18 heavy (non-hydrogen) atoms. The lowest BCUT2D eigenvalue weighted by Crippen LogP contribution is -2.21. The fourth-order valence-corrected chi connectivity index (χ4v) is 2.02. The highest BCUT2D eigenvalue weighted by Crippen LogP contribution is 2.17. The van der Waals surface area contributed by atoms with E-state index >= 15 is 0 Å². The second kappa shape index (κ2) is 4.07. The number of carbonyl (C=O) groups excluding carboxylic acids is 1. The van der Waals surface area contributed by atoms with Crippen LogP contribution in [-0.2, 0) is 6.54 Å². The molecule has 0 unspecified atom stereocenters. The van der Waals surface area contributed by atoms with E-state index in [4.69, 9.17) is 4.42 Å². The first-order chi connectivity index (χ1) is 8.74. The molecule has 0 amide bonds. The van der Waals surface area contributed by atoms with Crippen LogP contribution >= 0.6 is 0 Å². The highest BCUT2D eigenvalue weighted by atomic mass is 16.4. The number of furan rings is 1. The van der Waals surface area contributed by atoms with Crippen molar-refractivity contribution in [2.45, 2.75) is 6.54 Å². The van der Waals surface area contributed by atoms with Crippen LogP contribution in [0.4, 0.5) is 0 Å². The van der Waals surface area contributed by atoms with Gasteiger partial charge in [-0.15, -0.1) is 0 Å². The van der Waals surface area contributed by atoms with Crippen molar-refractivity contribution in [1.82, 2.24) is 4.57 Å². The van der Waals surface area contributed by atoms with Gasteiger partial charge in [-0.1, -0.05) is 18.2 Å². The van der Waals surface area contributed by atoms with Crippen LogP contribution in [0, 0.1) is 0 Å². The number of carbonyl (C=O) groups is 1. The second-order valence-electron chi connectivity index (χ2n) is 4.06. The number of aromatic nitrogens is 1. The lowest BCUT2D eigenvalue weighted by atomic mass is 10.2. The Morgan fingerprint density at radius 2 is 2.00 bits per heavy atom. The maximum Gasteiger partial charge on any atom is 0.149 e. The van der Waals surface area contributed by atoms with Gasteiger partial charge in [-0.3, -0.25) is 0 Å². The van der Waals surface area contributed by atoms with Gasteiger partial charge >= 0.3 is 0 Å². The van der Waals surface area contributed by atoms with Gasteiger partial charge in [0, 0.05) is 11.7 Å². The standard InChI is InChI=1S/C14H11NO3/c16-14(17)13-6-5-11(18-13)9-15-8-7-10-3-1-2-4-12(10)15/h1-8H,9H2,(H,16,17)/p-1. The van der Waals surface area contributed by atoms with E-state index in [0.717, 1.165) is 10.9 Å². The van der Waals surface area contributed by atoms with Crippen molar-refractivity contribution in [2.75, 3.05) is 0 Å². The average molecular weight is 240 g/mol. The average Bonchev–Trinajstić information content (AvgIpc) is 2.98. The van der Waals surface area contributed by atoms with Crippen LogP contribution in [0.25, 0.3) is 10.9 Å². The molecule has 2 heterocycles. The Balaban J connectivity index is 1.93. The molecule has 0 bridgehead atoms. The molecule has 2 aromatic heterocycles. The lowest BCUT2D eigenvalue weighted by molar-refractivity contribution is -0.257. The highest BCUT2D eigenvalue weighted by Gasteiger charge is 2.05. The summed E-state index contributed by atoms with van der Waals surface area (Å²) in [5.74, 6) is -0.837. The quantitative estimate of drug-likeness (QED) is 0.699. The van der Waals surface area contributed by atoms with Crippen molar-refractivity contribution < 1.29 is 14.3 Å². The number of rotatable bonds is 3. The first kappa shape index (κ1) is 10.7. The summed E-state index contributed by atoms with van der Waals surface area (Å²) in [6.07, 6.45) is 1.95. The van der Waals surface area contributed by atoms with E-state index < -0.39 is 5.97 Å². The zero-order chi connectivity index (χ0) is 12.5. The van der Waals surface area contributed by atoms with Gasteiger partial charge in [-0.25, -0.2) is 0 Å². The van der Waals surface area contributed by atoms with Gasteiger partial charge in [0.25, 0.3) is 0 Å². The van der Waals surface area contributed by atoms with Crippen LogP contribution in [-0.4, -0.2) is 10.5 Å². The summed E-state index contributed by atoms with van der Waals surface area (Å²) in [5.41, 5.74) is 1.09. The predicted molar refractivity (Wildman–Crippen MR) is 64.1 cm³/mol. The summed E-state index contributed by atoms with van der Waals surface area (Å²) in [7, 11) is 0. The van der Waals surface area contributed by atoms with Crippen molar-refractivity contribution in [3.8, 4) is 0 Å². The molecular weight excluding hydrogens is 230 g/mol. The van der Waals surface area contributed by atoms with Gasteiger partial charge in [0.15, 0.2) is 0 Å². The van der Waals surface area contributed by atoms with Crippen molar-refractivity contribution in [3.05, 3.63) is 60.2 Å². The Bertz CT molecular complexity index is 708. The molecule has 3 aromatic rings. The minimum Gasteiger partial charge on any atom is -0.542 e. The van der Waals surface area contributed by atoms with E-state index in [9.17, 15) is 9.90 Å². The largest absolute Gasteiger partial charge is 0.542 e. The lowest BCUT2D eigenvalue weighted by Gasteiger charge is -2.03. The normalized spacial score (nSPS) is 10.9. The van der Waals surface area contributed by atoms with Gasteiger partial charge < -0.3 is 18.9 Å². The Kier molecular flexibility index (Phi) is 2.41. The third-order valence-electron chi connectivity index (χ3n) is 2.87. The van der Waals surface area contributed by atoms with Crippen LogP contribution in [0.1, 0.15) is 16.3 Å². The topological polar surface area (TPSA) is 58.2 Å². The molecular formula is C14H10NO3-. The monoisotopic (exact) mass is 240 g/mol. The molecule has 0 saturated carbocycles. The third kappa shape index (κ3) is 1.78. The molecule has 0 saturated heterocycles. The summed E-state index contributed by atoms with van der Waals surface area (Å²) in [6, 6.07) is 13.1. The summed E-state index contributed by atoms with van der Waals surface area (Å²) < 4.78 is 7.19. The molecule has 1 aromatic carbocycles. The van der Waals surface area contributed by atoms with E-state index in [-0.39, 0.29) is 5.76 Å². The van der Waals surface area contributed by atoms with Gasteiger partial charge in [0.05, 0.1) is 6.54 Å². The molecule has 0 atom stereocenters. The molecule has 4 heteroatoms. The Hall–Kier alpha value is -2.49. The number of hydrogen-bond donors (Lipinski definition) is 0. The van der Waals surface area contributed by atoms with Crippen LogP contribution in [0.3, 0.4) is 0 Å². The number of hydrogen-bond acceptors (Lipinski definition) is 3. The minimum atomic E-state index is -1.29. The summed E-state index contributed by atoms with van der Waals surface area (Å²) in [4.78, 5) is 10.6. The van der Waals surface area contributed by atoms with Crippen LogP contribution < -0.4 is 5.11 Å². The molecule has 0 fully saturated rings. The molecule has 0 aliphatic rings. The fraction of sp³-hybridized carbons (Fsp3) is 0.0714. The number of nitrogens with zero attached hydrogens (tertiary/aromatic N) is 1. The Morgan fingerprint density at radius 1 is 1.17 bits per heavy atom. The molecule has 4 nitrogen and oxygen atoms in total. The smallest absolute Gasteiger partial charge is 0.149 e. The first-order valence-electron chi connectivity index (χ1n) is 5.58. The fourth-order valence-electron chi connectivity index (χ4n) is 2.02. The molecule has 0 N–H and O–H groups in total. The van der Waals surface area contributed by atoms with E-state index in [1.165, 1.54) is 6.07 Å². The van der Waals surface area contributed by atoms with Crippen LogP contribution in [0.2, 0.25) is 0 Å². The molecule has 0 radical (unpaired) electrons. The van der Waals surface area contributed by atoms with Gasteiger partial charge in [-0.2, -0.15) is 0 Å². The molecule has 0 spiro atoms. The molecule has 3 rings (SSSR count). The Labute approximate surface area is 103 Å². The van der Waals surface area contributed by atoms with Crippen molar-refractivity contribution in [2.24, 2.45) is 0 Å². The van der Waals surface area contributed by atoms with Crippen molar-refractivity contribution >= 4 is 16.9 Å². The van der Waals surface area contributed by atoms with Gasteiger partial charge in [0.2, 0.25) is 0 Å². The van der Waals surface area contributed by atoms with Crippen LogP contribution in [0.5, 0.6) is 0 Å². The van der Waals surface area contributed by atoms with E-state index in [2.05, 4.69) is 0 Å². The second-order valence-corrected chi connectivity index (χ2v) is 4.06. The van der Waals surface area contributed by atoms with Crippen molar-refractivity contribution in [3.63, 3.8) is 0 Å². The Morgan fingerprint density at radius 3 is 2.78 bits per heavy atom. The zero-order valence-corrected chi connectivity index (χ0v) is 9.50. The highest BCUT2D eigenvalue weighted by molar-refractivity contribution is 5.82. The van der Waals surface area contributed by atoms with Gasteiger partial charge in [-0.05, 0) is 29.7 Å². The number of para-hydroxylation sites is 1. The number of benzene rings is 1. The van der Waals surface area contributed by atoms with E-state index in [0.29, 0.717) is 12.3 Å². The summed E-state index contributed by atoms with van der Waals surface area (Å²) in [5, 5.41) is 11.8. The SMILES string of the molecule is O=C([O-])c1ccc(Cn2ccc3ccccc32)o1. The summed E-state index contributed by atoms with van der Waals surface area (Å²) in [6.45, 7) is 0.501. The van der Waals surface area contributed by atoms with E-state index in [1.807, 2.05) is 41.1 Å². The number of fused-ring (bicyclic) bond motifs is 1. The maximum absolute atomic E-state index is 10.6. The van der Waals surface area contributed by atoms with Crippen molar-refractivity contribution in [1.29, 1.82) is 0 Å². The minimum absolute atomic E-state index is 0.138. The number of aromatic carboxylic acids is 1. The van der Waals surface area contributed by atoms with E-state index in [1.54, 1.807) is 6.07 Å². The molecule has 0 aliphatic heterocycles. The molecule has 90 valence electrons. The predicted octanol–water partition coefficient (Wildman–Crippen LogP) is 1.65. The first-order valence-corrected chi connectivity index (χ1v) is 5.58.